The van der Waals surface area contributed by atoms with Gasteiger partial charge in [-0.15, -0.1) is 0 Å². The van der Waals surface area contributed by atoms with Gasteiger partial charge in [-0.2, -0.15) is 0 Å². The third-order valence-corrected chi connectivity index (χ3v) is 5.87. The first-order chi connectivity index (χ1) is 10.2. The van der Waals surface area contributed by atoms with Crippen molar-refractivity contribution in [1.29, 1.82) is 0 Å². The van der Waals surface area contributed by atoms with E-state index in [1.165, 1.54) is 64.5 Å². The molecule has 0 bridgehead atoms. The third-order valence-electron chi connectivity index (χ3n) is 5.87. The van der Waals surface area contributed by atoms with Gasteiger partial charge in [0, 0.05) is 31.2 Å². The summed E-state index contributed by atoms with van der Waals surface area (Å²) in [5.74, 6) is 1.75. The van der Waals surface area contributed by atoms with Crippen LogP contribution < -0.4 is 5.32 Å². The van der Waals surface area contributed by atoms with Crippen molar-refractivity contribution in [2.24, 2.45) is 11.8 Å². The number of piperazine rings is 1. The Labute approximate surface area is 133 Å². The van der Waals surface area contributed by atoms with Crippen LogP contribution in [-0.2, 0) is 0 Å². The maximum absolute atomic E-state index is 3.94. The summed E-state index contributed by atoms with van der Waals surface area (Å²) in [5.41, 5.74) is 0. The van der Waals surface area contributed by atoms with Gasteiger partial charge < -0.3 is 5.32 Å². The van der Waals surface area contributed by atoms with Crippen LogP contribution in [0.4, 0.5) is 0 Å². The van der Waals surface area contributed by atoms with Gasteiger partial charge in [0.1, 0.15) is 0 Å². The summed E-state index contributed by atoms with van der Waals surface area (Å²) in [5, 5.41) is 3.94. The lowest BCUT2D eigenvalue weighted by Gasteiger charge is -2.47. The quantitative estimate of drug-likeness (QED) is 0.779. The van der Waals surface area contributed by atoms with Crippen LogP contribution in [0.15, 0.2) is 0 Å². The molecule has 2 nitrogen and oxygen atoms in total. The monoisotopic (exact) mass is 294 g/mol. The first-order valence-electron chi connectivity index (χ1n) is 9.64. The summed E-state index contributed by atoms with van der Waals surface area (Å²) in [6, 6.07) is 2.31. The second-order valence-corrected chi connectivity index (χ2v) is 7.86. The molecule has 1 aliphatic carbocycles. The van der Waals surface area contributed by atoms with E-state index < -0.39 is 0 Å². The Morgan fingerprint density at radius 1 is 1.05 bits per heavy atom. The lowest BCUT2D eigenvalue weighted by molar-refractivity contribution is 0.0446. The van der Waals surface area contributed by atoms with Gasteiger partial charge in [-0.1, -0.05) is 47.0 Å². The molecule has 21 heavy (non-hydrogen) atoms. The van der Waals surface area contributed by atoms with E-state index in [0.717, 1.165) is 30.0 Å². The van der Waals surface area contributed by atoms with Gasteiger partial charge in [0.25, 0.3) is 0 Å². The largest absolute Gasteiger partial charge is 0.311 e. The Balaban J connectivity index is 2.00. The summed E-state index contributed by atoms with van der Waals surface area (Å²) in [7, 11) is 0. The Bertz CT molecular complexity index is 279. The SMILES string of the molecule is CCC(CC)N1CC(C2CCCCC2)NCC1CC(C)C. The standard InChI is InChI=1S/C19H38N2/c1-5-17(6-2)21-14-19(16-10-8-7-9-11-16)20-13-18(21)12-15(3)4/h15-20H,5-14H2,1-4H3. The molecular formula is C19H38N2. The van der Waals surface area contributed by atoms with E-state index in [1.54, 1.807) is 0 Å². The molecular weight excluding hydrogens is 256 g/mol. The summed E-state index contributed by atoms with van der Waals surface area (Å²) in [6.07, 6.45) is 11.3. The van der Waals surface area contributed by atoms with Crippen molar-refractivity contribution in [1.82, 2.24) is 10.2 Å². The number of rotatable bonds is 6. The number of hydrogen-bond acceptors (Lipinski definition) is 2. The molecule has 1 saturated heterocycles. The van der Waals surface area contributed by atoms with Gasteiger partial charge in [0.05, 0.1) is 0 Å². The lowest BCUT2D eigenvalue weighted by Crippen LogP contribution is -2.61. The van der Waals surface area contributed by atoms with Gasteiger partial charge >= 0.3 is 0 Å². The normalized spacial score (nSPS) is 29.4. The van der Waals surface area contributed by atoms with Gasteiger partial charge in [-0.05, 0) is 43.9 Å². The van der Waals surface area contributed by atoms with Crippen LogP contribution in [0.2, 0.25) is 0 Å². The first kappa shape index (κ1) is 17.3. The molecule has 2 heteroatoms. The van der Waals surface area contributed by atoms with Crippen molar-refractivity contribution < 1.29 is 0 Å². The lowest BCUT2D eigenvalue weighted by atomic mass is 9.82. The molecule has 0 amide bonds. The maximum atomic E-state index is 3.94. The average Bonchev–Trinajstić information content (AvgIpc) is 2.50. The Kier molecular flexibility index (Phi) is 7.01. The van der Waals surface area contributed by atoms with Crippen LogP contribution in [0.5, 0.6) is 0 Å². The van der Waals surface area contributed by atoms with E-state index in [1.807, 2.05) is 0 Å². The Hall–Kier alpha value is -0.0800. The van der Waals surface area contributed by atoms with E-state index in [2.05, 4.69) is 37.9 Å². The summed E-state index contributed by atoms with van der Waals surface area (Å²) in [6.45, 7) is 12.0. The Morgan fingerprint density at radius 3 is 2.29 bits per heavy atom. The van der Waals surface area contributed by atoms with Gasteiger partial charge in [-0.25, -0.2) is 0 Å². The van der Waals surface area contributed by atoms with Crippen molar-refractivity contribution >= 4 is 0 Å². The van der Waals surface area contributed by atoms with E-state index in [-0.39, 0.29) is 0 Å². The molecule has 1 aliphatic heterocycles. The topological polar surface area (TPSA) is 15.3 Å². The second kappa shape index (κ2) is 8.53. The molecule has 124 valence electrons. The molecule has 2 fully saturated rings. The van der Waals surface area contributed by atoms with Gasteiger partial charge in [0.15, 0.2) is 0 Å². The fraction of sp³-hybridized carbons (Fsp3) is 1.00. The zero-order valence-electron chi connectivity index (χ0n) is 14.9. The molecule has 2 unspecified atom stereocenters. The van der Waals surface area contributed by atoms with Crippen LogP contribution in [0, 0.1) is 11.8 Å². The zero-order valence-corrected chi connectivity index (χ0v) is 14.9. The molecule has 0 aromatic rings. The number of nitrogens with zero attached hydrogens (tertiary/aromatic N) is 1. The molecule has 0 spiro atoms. The van der Waals surface area contributed by atoms with Crippen molar-refractivity contribution in [2.75, 3.05) is 13.1 Å². The zero-order chi connectivity index (χ0) is 15.2. The van der Waals surface area contributed by atoms with Gasteiger partial charge in [0.2, 0.25) is 0 Å². The molecule has 0 aromatic heterocycles. The molecule has 2 rings (SSSR count). The van der Waals surface area contributed by atoms with Crippen LogP contribution in [0.3, 0.4) is 0 Å². The van der Waals surface area contributed by atoms with Crippen molar-refractivity contribution in [3.05, 3.63) is 0 Å². The molecule has 0 aromatic carbocycles. The second-order valence-electron chi connectivity index (χ2n) is 7.86. The highest BCUT2D eigenvalue weighted by Gasteiger charge is 2.35. The fourth-order valence-corrected chi connectivity index (χ4v) is 4.67. The molecule has 1 heterocycles. The predicted molar refractivity (Wildman–Crippen MR) is 92.7 cm³/mol. The molecule has 1 saturated carbocycles. The predicted octanol–water partition coefficient (Wildman–Crippen LogP) is 4.44. The summed E-state index contributed by atoms with van der Waals surface area (Å²) >= 11 is 0. The van der Waals surface area contributed by atoms with Crippen LogP contribution >= 0.6 is 0 Å². The Morgan fingerprint density at radius 2 is 1.71 bits per heavy atom. The van der Waals surface area contributed by atoms with Crippen LogP contribution in [-0.4, -0.2) is 36.1 Å². The summed E-state index contributed by atoms with van der Waals surface area (Å²) < 4.78 is 0. The van der Waals surface area contributed by atoms with Crippen LogP contribution in [0.1, 0.15) is 79.1 Å². The minimum Gasteiger partial charge on any atom is -0.311 e. The van der Waals surface area contributed by atoms with E-state index in [9.17, 15) is 0 Å². The smallest absolute Gasteiger partial charge is 0.0226 e. The van der Waals surface area contributed by atoms with E-state index in [0.29, 0.717) is 0 Å². The molecule has 1 N–H and O–H groups in total. The average molecular weight is 295 g/mol. The summed E-state index contributed by atoms with van der Waals surface area (Å²) in [4.78, 5) is 2.88. The highest BCUT2D eigenvalue weighted by molar-refractivity contribution is 4.93. The first-order valence-corrected chi connectivity index (χ1v) is 9.64. The molecule has 2 atom stereocenters. The maximum Gasteiger partial charge on any atom is 0.0226 e. The number of nitrogens with one attached hydrogen (secondary N) is 1. The molecule has 2 aliphatic rings. The van der Waals surface area contributed by atoms with Crippen LogP contribution in [0.25, 0.3) is 0 Å². The van der Waals surface area contributed by atoms with Gasteiger partial charge in [-0.3, -0.25) is 4.90 Å². The highest BCUT2D eigenvalue weighted by Crippen LogP contribution is 2.30. The van der Waals surface area contributed by atoms with Crippen molar-refractivity contribution in [3.63, 3.8) is 0 Å². The minimum atomic E-state index is 0.759. The minimum absolute atomic E-state index is 0.759. The number of hydrogen-bond donors (Lipinski definition) is 1. The molecule has 0 radical (unpaired) electrons. The fourth-order valence-electron chi connectivity index (χ4n) is 4.67. The van der Waals surface area contributed by atoms with E-state index in [4.69, 9.17) is 0 Å². The van der Waals surface area contributed by atoms with E-state index >= 15 is 0 Å². The van der Waals surface area contributed by atoms with Crippen molar-refractivity contribution in [2.45, 2.75) is 97.2 Å². The highest BCUT2D eigenvalue weighted by atomic mass is 15.3. The van der Waals surface area contributed by atoms with Crippen molar-refractivity contribution in [3.8, 4) is 0 Å². The third kappa shape index (κ3) is 4.69.